The van der Waals surface area contributed by atoms with Gasteiger partial charge in [-0.25, -0.2) is 8.42 Å². The summed E-state index contributed by atoms with van der Waals surface area (Å²) in [5, 5.41) is 8.54. The topological polar surface area (TPSA) is 87.9 Å². The van der Waals surface area contributed by atoms with Crippen LogP contribution >= 0.6 is 0 Å². The van der Waals surface area contributed by atoms with Crippen molar-refractivity contribution in [2.75, 3.05) is 19.6 Å². The van der Waals surface area contributed by atoms with Gasteiger partial charge in [-0.3, -0.25) is 9.20 Å². The van der Waals surface area contributed by atoms with Gasteiger partial charge in [0, 0.05) is 31.4 Å². The van der Waals surface area contributed by atoms with Crippen LogP contribution in [0.15, 0.2) is 53.6 Å². The Labute approximate surface area is 175 Å². The van der Waals surface area contributed by atoms with Gasteiger partial charge in [0.05, 0.1) is 10.9 Å². The van der Waals surface area contributed by atoms with E-state index in [1.54, 1.807) is 24.3 Å². The van der Waals surface area contributed by atoms with Crippen molar-refractivity contribution in [1.82, 2.24) is 23.8 Å². The van der Waals surface area contributed by atoms with Gasteiger partial charge in [0.2, 0.25) is 10.0 Å². The number of hydrogen-bond donors (Lipinski definition) is 0. The third-order valence-corrected chi connectivity index (χ3v) is 7.87. The highest BCUT2D eigenvalue weighted by molar-refractivity contribution is 7.89. The highest BCUT2D eigenvalue weighted by Gasteiger charge is 2.34. The van der Waals surface area contributed by atoms with Gasteiger partial charge in [-0.15, -0.1) is 10.2 Å². The third kappa shape index (κ3) is 3.18. The molecule has 9 heteroatoms. The van der Waals surface area contributed by atoms with E-state index in [1.165, 1.54) is 4.31 Å². The molecule has 2 aliphatic heterocycles. The molecule has 5 rings (SSSR count). The van der Waals surface area contributed by atoms with Crippen LogP contribution in [0.2, 0.25) is 0 Å². The number of fused-ring (bicyclic) bond motifs is 1. The molecule has 2 saturated heterocycles. The summed E-state index contributed by atoms with van der Waals surface area (Å²) in [4.78, 5) is 15.3. The Hall–Kier alpha value is -2.78. The Bertz CT molecular complexity index is 1180. The van der Waals surface area contributed by atoms with Crippen LogP contribution in [-0.2, 0) is 10.0 Å². The number of hydrogen-bond acceptors (Lipinski definition) is 5. The molecule has 0 bridgehead atoms. The zero-order chi connectivity index (χ0) is 20.7. The number of aromatic nitrogens is 3. The number of rotatable bonds is 4. The summed E-state index contributed by atoms with van der Waals surface area (Å²) in [5.41, 5.74) is 1.24. The van der Waals surface area contributed by atoms with Gasteiger partial charge in [-0.05, 0) is 62.1 Å². The lowest BCUT2D eigenvalue weighted by atomic mass is 10.1. The van der Waals surface area contributed by atoms with Gasteiger partial charge in [0.1, 0.15) is 0 Å². The van der Waals surface area contributed by atoms with E-state index in [9.17, 15) is 13.2 Å². The number of carbonyl (C=O) groups is 1. The summed E-state index contributed by atoms with van der Waals surface area (Å²) in [6.07, 6.45) is 5.40. The second-order valence-electron chi connectivity index (χ2n) is 7.78. The van der Waals surface area contributed by atoms with E-state index in [4.69, 9.17) is 0 Å². The molecule has 0 aliphatic carbocycles. The van der Waals surface area contributed by atoms with Crippen molar-refractivity contribution in [3.8, 4) is 0 Å². The second kappa shape index (κ2) is 7.48. The number of nitrogens with zero attached hydrogens (tertiary/aromatic N) is 5. The summed E-state index contributed by atoms with van der Waals surface area (Å²) in [7, 11) is -3.48. The molecule has 0 unspecified atom stereocenters. The Balaban J connectivity index is 1.40. The average Bonchev–Trinajstić information content (AvgIpc) is 3.53. The van der Waals surface area contributed by atoms with Gasteiger partial charge in [0.25, 0.3) is 5.91 Å². The van der Waals surface area contributed by atoms with Crippen LogP contribution in [0, 0.1) is 0 Å². The summed E-state index contributed by atoms with van der Waals surface area (Å²) in [6.45, 7) is 1.76. The lowest BCUT2D eigenvalue weighted by molar-refractivity contribution is 0.0729. The monoisotopic (exact) mass is 425 g/mol. The molecule has 0 spiro atoms. The van der Waals surface area contributed by atoms with Crippen LogP contribution in [0.5, 0.6) is 0 Å². The minimum Gasteiger partial charge on any atom is -0.328 e. The zero-order valence-electron chi connectivity index (χ0n) is 16.5. The van der Waals surface area contributed by atoms with Crippen LogP contribution in [0.25, 0.3) is 5.65 Å². The molecule has 1 atom stereocenters. The van der Waals surface area contributed by atoms with Gasteiger partial charge in [0.15, 0.2) is 11.5 Å². The number of carbonyl (C=O) groups excluding carboxylic acids is 1. The molecule has 1 amide bonds. The van der Waals surface area contributed by atoms with Gasteiger partial charge in [-0.1, -0.05) is 6.07 Å². The summed E-state index contributed by atoms with van der Waals surface area (Å²) in [5.74, 6) is 0.639. The number of pyridine rings is 1. The lowest BCUT2D eigenvalue weighted by Gasteiger charge is -2.24. The Morgan fingerprint density at radius 3 is 2.47 bits per heavy atom. The number of amides is 1. The summed E-state index contributed by atoms with van der Waals surface area (Å²) in [6, 6.07) is 11.9. The highest BCUT2D eigenvalue weighted by Crippen LogP contribution is 2.32. The highest BCUT2D eigenvalue weighted by atomic mass is 32.2. The molecule has 0 saturated carbocycles. The molecule has 2 aromatic heterocycles. The molecule has 0 N–H and O–H groups in total. The van der Waals surface area contributed by atoms with Crippen LogP contribution in [-0.4, -0.2) is 57.8 Å². The lowest BCUT2D eigenvalue weighted by Crippen LogP contribution is -2.31. The fourth-order valence-electron chi connectivity index (χ4n) is 4.38. The van der Waals surface area contributed by atoms with Gasteiger partial charge < -0.3 is 4.90 Å². The number of sulfonamides is 1. The molecule has 2 aliphatic rings. The molecule has 3 aromatic rings. The standard InChI is InChI=1S/C21H23N5O3S/c27-21(16-8-10-17(11-9-16)30(28,29)24-12-3-4-13-24)25-15-5-6-18(25)20-23-22-19-7-1-2-14-26(19)20/h1-2,7-11,14,18H,3-6,12-13,15H2/t18-/m1/s1. The van der Waals surface area contributed by atoms with E-state index in [2.05, 4.69) is 10.2 Å². The largest absolute Gasteiger partial charge is 0.328 e. The van der Waals surface area contributed by atoms with Crippen molar-refractivity contribution in [3.63, 3.8) is 0 Å². The molecular formula is C21H23N5O3S. The van der Waals surface area contributed by atoms with Crippen molar-refractivity contribution in [3.05, 3.63) is 60.0 Å². The van der Waals surface area contributed by atoms with Crippen LogP contribution in [0.1, 0.15) is 47.9 Å². The van der Waals surface area contributed by atoms with Gasteiger partial charge in [-0.2, -0.15) is 4.31 Å². The van der Waals surface area contributed by atoms with E-state index >= 15 is 0 Å². The van der Waals surface area contributed by atoms with E-state index < -0.39 is 10.0 Å². The van der Waals surface area contributed by atoms with E-state index in [1.807, 2.05) is 33.7 Å². The first-order valence-corrected chi connectivity index (χ1v) is 11.7. The first kappa shape index (κ1) is 19.2. The Morgan fingerprint density at radius 2 is 1.70 bits per heavy atom. The van der Waals surface area contributed by atoms with E-state index in [0.717, 1.165) is 37.2 Å². The van der Waals surface area contributed by atoms with E-state index in [0.29, 0.717) is 25.2 Å². The van der Waals surface area contributed by atoms with Crippen molar-refractivity contribution in [2.24, 2.45) is 0 Å². The normalized spacial score (nSPS) is 20.3. The van der Waals surface area contributed by atoms with Crippen molar-refractivity contribution < 1.29 is 13.2 Å². The third-order valence-electron chi connectivity index (χ3n) is 5.96. The SMILES string of the molecule is O=C(c1ccc(S(=O)(=O)N2CCCC2)cc1)N1CCC[C@@H]1c1nnc2ccccn12. The van der Waals surface area contributed by atoms with Crippen LogP contribution < -0.4 is 0 Å². The number of benzene rings is 1. The predicted molar refractivity (Wildman–Crippen MR) is 110 cm³/mol. The molecule has 8 nitrogen and oxygen atoms in total. The Morgan fingerprint density at radius 1 is 0.933 bits per heavy atom. The predicted octanol–water partition coefficient (Wildman–Crippen LogP) is 2.49. The molecule has 2 fully saturated rings. The molecule has 30 heavy (non-hydrogen) atoms. The molecular weight excluding hydrogens is 402 g/mol. The quantitative estimate of drug-likeness (QED) is 0.641. The zero-order valence-corrected chi connectivity index (χ0v) is 17.3. The minimum absolute atomic E-state index is 0.115. The van der Waals surface area contributed by atoms with Crippen molar-refractivity contribution in [1.29, 1.82) is 0 Å². The fourth-order valence-corrected chi connectivity index (χ4v) is 5.90. The van der Waals surface area contributed by atoms with Gasteiger partial charge >= 0.3 is 0 Å². The van der Waals surface area contributed by atoms with Crippen molar-refractivity contribution >= 4 is 21.6 Å². The first-order chi connectivity index (χ1) is 14.6. The molecule has 0 radical (unpaired) electrons. The first-order valence-electron chi connectivity index (χ1n) is 10.3. The van der Waals surface area contributed by atoms with Crippen molar-refractivity contribution in [2.45, 2.75) is 36.6 Å². The average molecular weight is 426 g/mol. The second-order valence-corrected chi connectivity index (χ2v) is 9.72. The maximum absolute atomic E-state index is 13.2. The van der Waals surface area contributed by atoms with Crippen LogP contribution in [0.4, 0.5) is 0 Å². The molecule has 156 valence electrons. The Kier molecular flexibility index (Phi) is 4.79. The smallest absolute Gasteiger partial charge is 0.254 e. The maximum atomic E-state index is 13.2. The fraction of sp³-hybridized carbons (Fsp3) is 0.381. The summed E-state index contributed by atoms with van der Waals surface area (Å²) >= 11 is 0. The number of likely N-dealkylation sites (tertiary alicyclic amines) is 1. The molecule has 4 heterocycles. The maximum Gasteiger partial charge on any atom is 0.254 e. The summed E-state index contributed by atoms with van der Waals surface area (Å²) < 4.78 is 28.9. The van der Waals surface area contributed by atoms with Crippen LogP contribution in [0.3, 0.4) is 0 Å². The minimum atomic E-state index is -3.48. The molecule has 1 aromatic carbocycles. The van der Waals surface area contributed by atoms with E-state index in [-0.39, 0.29) is 16.8 Å².